The molecule has 1 saturated carbocycles. The predicted octanol–water partition coefficient (Wildman–Crippen LogP) is 4.98. The molecule has 2 heterocycles. The van der Waals surface area contributed by atoms with Crippen molar-refractivity contribution in [3.63, 3.8) is 0 Å². The van der Waals surface area contributed by atoms with Gasteiger partial charge in [-0.05, 0) is 73.8 Å². The van der Waals surface area contributed by atoms with Gasteiger partial charge < -0.3 is 5.32 Å². The Morgan fingerprint density at radius 1 is 0.971 bits per heavy atom. The fourth-order valence-electron chi connectivity index (χ4n) is 7.51. The van der Waals surface area contributed by atoms with Crippen LogP contribution in [0.15, 0.2) is 54.6 Å². The molecule has 0 aromatic heterocycles. The van der Waals surface area contributed by atoms with Gasteiger partial charge in [-0.25, -0.2) is 0 Å². The van der Waals surface area contributed by atoms with Crippen LogP contribution in [0.4, 0.5) is 0 Å². The molecule has 2 unspecified atom stereocenters. The van der Waals surface area contributed by atoms with E-state index >= 15 is 0 Å². The van der Waals surface area contributed by atoms with Crippen LogP contribution in [0.1, 0.15) is 62.6 Å². The number of fused-ring (bicyclic) bond motifs is 1. The van der Waals surface area contributed by atoms with E-state index in [1.54, 1.807) is 12.5 Å². The SMILES string of the molecule is CCN1Cc2ccccc2C(C2CCN(Cc3ccccc3)CC2)([C@H]2CCCC2NC(C)=O)C1. The summed E-state index contributed by atoms with van der Waals surface area (Å²) in [6.45, 7) is 10.6. The first kappa shape index (κ1) is 23.6. The van der Waals surface area contributed by atoms with Crippen LogP contribution in [0.3, 0.4) is 0 Å². The first-order valence-corrected chi connectivity index (χ1v) is 13.4. The molecular weight excluding hydrogens is 418 g/mol. The Morgan fingerprint density at radius 2 is 1.71 bits per heavy atom. The van der Waals surface area contributed by atoms with Crippen LogP contribution < -0.4 is 5.32 Å². The van der Waals surface area contributed by atoms with Gasteiger partial charge in [0, 0.05) is 38.0 Å². The number of likely N-dealkylation sites (tertiary alicyclic amines) is 1. The Kier molecular flexibility index (Phi) is 7.08. The molecule has 3 aliphatic rings. The summed E-state index contributed by atoms with van der Waals surface area (Å²) in [7, 11) is 0. The second-order valence-electron chi connectivity index (χ2n) is 10.9. The first-order chi connectivity index (χ1) is 16.6. The van der Waals surface area contributed by atoms with Crippen LogP contribution in [-0.2, 0) is 23.3 Å². The average Bonchev–Trinajstić information content (AvgIpc) is 3.32. The Balaban J connectivity index is 1.47. The van der Waals surface area contributed by atoms with Gasteiger partial charge in [0.05, 0.1) is 0 Å². The minimum Gasteiger partial charge on any atom is -0.353 e. The van der Waals surface area contributed by atoms with Crippen LogP contribution in [0.2, 0.25) is 0 Å². The van der Waals surface area contributed by atoms with E-state index in [0.29, 0.717) is 17.9 Å². The number of piperidine rings is 1. The van der Waals surface area contributed by atoms with Gasteiger partial charge in [0.2, 0.25) is 5.91 Å². The topological polar surface area (TPSA) is 35.6 Å². The maximum Gasteiger partial charge on any atom is 0.217 e. The molecule has 2 aliphatic heterocycles. The average molecular weight is 460 g/mol. The summed E-state index contributed by atoms with van der Waals surface area (Å²) >= 11 is 0. The summed E-state index contributed by atoms with van der Waals surface area (Å²) in [6.07, 6.45) is 6.04. The van der Waals surface area contributed by atoms with Crippen molar-refractivity contribution in [2.45, 2.75) is 70.5 Å². The number of nitrogens with zero attached hydrogens (tertiary/aromatic N) is 2. The Morgan fingerprint density at radius 3 is 2.44 bits per heavy atom. The summed E-state index contributed by atoms with van der Waals surface area (Å²) in [4.78, 5) is 17.5. The van der Waals surface area contributed by atoms with E-state index in [1.807, 2.05) is 0 Å². The summed E-state index contributed by atoms with van der Waals surface area (Å²) in [6, 6.07) is 20.5. The molecule has 0 spiro atoms. The number of benzene rings is 2. The van der Waals surface area contributed by atoms with Crippen LogP contribution >= 0.6 is 0 Å². The van der Waals surface area contributed by atoms with E-state index in [4.69, 9.17) is 0 Å². The van der Waals surface area contributed by atoms with Crippen molar-refractivity contribution >= 4 is 5.91 Å². The monoisotopic (exact) mass is 459 g/mol. The third-order valence-corrected chi connectivity index (χ3v) is 8.98. The summed E-state index contributed by atoms with van der Waals surface area (Å²) in [5.41, 5.74) is 4.63. The van der Waals surface area contributed by atoms with Crippen molar-refractivity contribution in [1.29, 1.82) is 0 Å². The van der Waals surface area contributed by atoms with Gasteiger partial charge in [0.15, 0.2) is 0 Å². The zero-order valence-corrected chi connectivity index (χ0v) is 21.0. The number of rotatable bonds is 6. The fourth-order valence-corrected chi connectivity index (χ4v) is 7.51. The zero-order chi connectivity index (χ0) is 23.5. The minimum absolute atomic E-state index is 0.118. The van der Waals surface area contributed by atoms with E-state index in [0.717, 1.165) is 45.7 Å². The molecule has 0 bridgehead atoms. The highest BCUT2D eigenvalue weighted by molar-refractivity contribution is 5.73. The molecule has 1 aliphatic carbocycles. The van der Waals surface area contributed by atoms with Gasteiger partial charge >= 0.3 is 0 Å². The van der Waals surface area contributed by atoms with Gasteiger partial charge in [-0.15, -0.1) is 0 Å². The number of likely N-dealkylation sites (N-methyl/N-ethyl adjacent to an activating group) is 1. The maximum absolute atomic E-state index is 12.2. The number of carbonyl (C=O) groups is 1. The molecular formula is C30H41N3O. The largest absolute Gasteiger partial charge is 0.353 e. The Bertz CT molecular complexity index is 968. The quantitative estimate of drug-likeness (QED) is 0.662. The number of amides is 1. The normalized spacial score (nSPS) is 28.5. The van der Waals surface area contributed by atoms with Gasteiger partial charge in [-0.1, -0.05) is 67.9 Å². The van der Waals surface area contributed by atoms with Crippen LogP contribution in [0, 0.1) is 11.8 Å². The lowest BCUT2D eigenvalue weighted by Gasteiger charge is -2.55. The van der Waals surface area contributed by atoms with Gasteiger partial charge in [-0.3, -0.25) is 14.6 Å². The predicted molar refractivity (Wildman–Crippen MR) is 138 cm³/mol. The fraction of sp³-hybridized carbons (Fsp3) is 0.567. The van der Waals surface area contributed by atoms with Crippen molar-refractivity contribution in [2.24, 2.45) is 11.8 Å². The highest BCUT2D eigenvalue weighted by atomic mass is 16.1. The van der Waals surface area contributed by atoms with E-state index in [-0.39, 0.29) is 11.3 Å². The van der Waals surface area contributed by atoms with E-state index in [1.165, 1.54) is 36.8 Å². The first-order valence-electron chi connectivity index (χ1n) is 13.4. The van der Waals surface area contributed by atoms with Crippen LogP contribution in [0.25, 0.3) is 0 Å². The third kappa shape index (κ3) is 4.55. The highest BCUT2D eigenvalue weighted by Gasteiger charge is 2.54. The molecule has 2 fully saturated rings. The summed E-state index contributed by atoms with van der Waals surface area (Å²) in [5.74, 6) is 1.29. The number of carbonyl (C=O) groups excluding carboxylic acids is 1. The smallest absolute Gasteiger partial charge is 0.217 e. The molecule has 1 N–H and O–H groups in total. The standard InChI is InChI=1S/C30H41N3O/c1-3-32-21-25-12-7-8-13-27(25)30(22-32,28-14-9-15-29(28)31-23(2)34)26-16-18-33(19-17-26)20-24-10-5-4-6-11-24/h4-8,10-13,26,28-29H,3,9,14-22H2,1-2H3,(H,31,34)/t28-,29?,30?/m0/s1. The van der Waals surface area contributed by atoms with E-state index in [9.17, 15) is 4.79 Å². The number of nitrogens with one attached hydrogen (secondary N) is 1. The lowest BCUT2D eigenvalue weighted by Crippen LogP contribution is -2.59. The zero-order valence-electron chi connectivity index (χ0n) is 21.0. The number of hydrogen-bond donors (Lipinski definition) is 1. The Labute approximate surface area is 205 Å². The highest BCUT2D eigenvalue weighted by Crippen LogP contribution is 2.53. The van der Waals surface area contributed by atoms with Crippen molar-refractivity contribution in [3.05, 3.63) is 71.3 Å². The lowest BCUT2D eigenvalue weighted by molar-refractivity contribution is -0.120. The van der Waals surface area contributed by atoms with Crippen molar-refractivity contribution in [3.8, 4) is 0 Å². The van der Waals surface area contributed by atoms with Crippen molar-refractivity contribution < 1.29 is 4.79 Å². The lowest BCUT2D eigenvalue weighted by atomic mass is 9.56. The molecule has 1 amide bonds. The second kappa shape index (κ2) is 10.2. The van der Waals surface area contributed by atoms with E-state index < -0.39 is 0 Å². The van der Waals surface area contributed by atoms with Crippen LogP contribution in [0.5, 0.6) is 0 Å². The maximum atomic E-state index is 12.2. The molecule has 182 valence electrons. The summed E-state index contributed by atoms with van der Waals surface area (Å²) < 4.78 is 0. The molecule has 3 atom stereocenters. The Hall–Kier alpha value is -2.17. The minimum atomic E-state index is 0.118. The van der Waals surface area contributed by atoms with Crippen molar-refractivity contribution in [1.82, 2.24) is 15.1 Å². The third-order valence-electron chi connectivity index (χ3n) is 8.98. The van der Waals surface area contributed by atoms with E-state index in [2.05, 4.69) is 76.6 Å². The molecule has 4 heteroatoms. The summed E-state index contributed by atoms with van der Waals surface area (Å²) in [5, 5.41) is 3.39. The molecule has 4 nitrogen and oxygen atoms in total. The van der Waals surface area contributed by atoms with Gasteiger partial charge in [0.25, 0.3) is 0 Å². The number of hydrogen-bond acceptors (Lipinski definition) is 3. The second-order valence-corrected chi connectivity index (χ2v) is 10.9. The molecule has 2 aromatic rings. The molecule has 0 radical (unpaired) electrons. The molecule has 1 saturated heterocycles. The van der Waals surface area contributed by atoms with Crippen LogP contribution in [-0.4, -0.2) is 47.9 Å². The molecule has 2 aromatic carbocycles. The molecule has 34 heavy (non-hydrogen) atoms. The van der Waals surface area contributed by atoms with Crippen molar-refractivity contribution in [2.75, 3.05) is 26.2 Å². The van der Waals surface area contributed by atoms with Gasteiger partial charge in [-0.2, -0.15) is 0 Å². The molecule has 5 rings (SSSR count). The van der Waals surface area contributed by atoms with Gasteiger partial charge in [0.1, 0.15) is 0 Å².